The Morgan fingerprint density at radius 2 is 1.46 bits per heavy atom. The van der Waals surface area contributed by atoms with Gasteiger partial charge < -0.3 is 30.3 Å². The summed E-state index contributed by atoms with van der Waals surface area (Å²) in [4.78, 5) is 27.6. The molecule has 0 bridgehead atoms. The highest BCUT2D eigenvalue weighted by Crippen LogP contribution is 2.15. The maximum Gasteiger partial charge on any atom is 0.251 e. The van der Waals surface area contributed by atoms with E-state index in [1.807, 2.05) is 62.2 Å². The fraction of sp³-hybridized carbons (Fsp3) is 0.407. The van der Waals surface area contributed by atoms with Crippen molar-refractivity contribution >= 4 is 23.8 Å². The van der Waals surface area contributed by atoms with E-state index in [4.69, 9.17) is 9.47 Å². The number of carbonyl (C=O) groups excluding carboxylic acids is 1. The van der Waals surface area contributed by atoms with E-state index in [0.717, 1.165) is 0 Å². The Hall–Kier alpha value is -3.76. The summed E-state index contributed by atoms with van der Waals surface area (Å²) in [5, 5.41) is 9.30. The van der Waals surface area contributed by atoms with Crippen LogP contribution in [-0.2, 0) is 16.0 Å². The number of carbonyl (C=O) groups is 1. The molecule has 1 aromatic heterocycles. The quantitative estimate of drug-likeness (QED) is 0.252. The van der Waals surface area contributed by atoms with Crippen LogP contribution in [0.3, 0.4) is 0 Å². The molecule has 0 aliphatic rings. The highest BCUT2D eigenvalue weighted by Gasteiger charge is 2.12. The van der Waals surface area contributed by atoms with E-state index < -0.39 is 0 Å². The maximum atomic E-state index is 12.0. The summed E-state index contributed by atoms with van der Waals surface area (Å²) in [6.07, 6.45) is 0. The van der Waals surface area contributed by atoms with E-state index in [0.29, 0.717) is 69.5 Å². The smallest absolute Gasteiger partial charge is 0.251 e. The molecule has 3 rings (SSSR count). The number of anilines is 3. The molecule has 2 aromatic carbocycles. The molecule has 0 spiro atoms. The first-order valence-corrected chi connectivity index (χ1v) is 12.5. The third-order valence-corrected chi connectivity index (χ3v) is 5.11. The number of nitrogens with zero attached hydrogens (tertiary/aromatic N) is 4. The van der Waals surface area contributed by atoms with Crippen molar-refractivity contribution in [3.63, 3.8) is 0 Å². The minimum Gasteiger partial charge on any atom is -0.377 e. The van der Waals surface area contributed by atoms with Gasteiger partial charge in [-0.3, -0.25) is 4.79 Å². The summed E-state index contributed by atoms with van der Waals surface area (Å²) in [5.41, 5.74) is 1.81. The van der Waals surface area contributed by atoms with Crippen molar-refractivity contribution in [2.75, 3.05) is 62.1 Å². The molecule has 10 nitrogen and oxygen atoms in total. The van der Waals surface area contributed by atoms with Crippen molar-refractivity contribution < 1.29 is 14.3 Å². The Kier molecular flexibility index (Phi) is 11.6. The molecule has 0 saturated heterocycles. The molecular weight excluding hydrogens is 470 g/mol. The minimum atomic E-state index is -0.106. The number of nitrogens with one attached hydrogen (secondary N) is 3. The molecule has 0 radical (unpaired) electrons. The third-order valence-electron chi connectivity index (χ3n) is 5.11. The number of ether oxygens (including phenoxy) is 2. The van der Waals surface area contributed by atoms with Gasteiger partial charge in [0.25, 0.3) is 5.91 Å². The highest BCUT2D eigenvalue weighted by atomic mass is 16.5. The largest absolute Gasteiger partial charge is 0.377 e. The predicted octanol–water partition coefficient (Wildman–Crippen LogP) is 3.20. The van der Waals surface area contributed by atoms with Gasteiger partial charge >= 0.3 is 0 Å². The summed E-state index contributed by atoms with van der Waals surface area (Å²) in [5.74, 6) is 1.49. The Labute approximate surface area is 218 Å². The van der Waals surface area contributed by atoms with E-state index in [1.54, 1.807) is 12.1 Å². The number of hydrogen-bond acceptors (Lipinski definition) is 9. The van der Waals surface area contributed by atoms with Gasteiger partial charge in [-0.15, -0.1) is 0 Å². The summed E-state index contributed by atoms with van der Waals surface area (Å²) in [6, 6.07) is 19.5. The molecule has 0 saturated carbocycles. The van der Waals surface area contributed by atoms with E-state index >= 15 is 0 Å². The number of rotatable bonds is 16. The molecule has 1 amide bonds. The Morgan fingerprint density at radius 3 is 2.14 bits per heavy atom. The second-order valence-electron chi connectivity index (χ2n) is 8.70. The van der Waals surface area contributed by atoms with Gasteiger partial charge in [-0.1, -0.05) is 48.5 Å². The lowest BCUT2D eigenvalue weighted by Crippen LogP contribution is -2.27. The van der Waals surface area contributed by atoms with Gasteiger partial charge in [0.15, 0.2) is 0 Å². The highest BCUT2D eigenvalue weighted by molar-refractivity contribution is 5.94. The fourth-order valence-electron chi connectivity index (χ4n) is 3.35. The topological polar surface area (TPSA) is 114 Å². The van der Waals surface area contributed by atoms with E-state index in [9.17, 15) is 4.79 Å². The lowest BCUT2D eigenvalue weighted by molar-refractivity contribution is 0.0519. The van der Waals surface area contributed by atoms with E-state index in [1.165, 1.54) is 5.56 Å². The van der Waals surface area contributed by atoms with Gasteiger partial charge in [0.1, 0.15) is 0 Å². The van der Waals surface area contributed by atoms with Crippen LogP contribution in [0.15, 0.2) is 60.7 Å². The van der Waals surface area contributed by atoms with Crippen LogP contribution in [0.1, 0.15) is 29.8 Å². The second kappa shape index (κ2) is 15.4. The SMILES string of the molecule is CC(C)Nc1nc(NCCOCCOCCNC(=O)c2ccccc2)nc(N(C)Cc2ccccc2)n1. The van der Waals surface area contributed by atoms with Crippen molar-refractivity contribution in [3.8, 4) is 0 Å². The van der Waals surface area contributed by atoms with Crippen LogP contribution in [0.5, 0.6) is 0 Å². The fourth-order valence-corrected chi connectivity index (χ4v) is 3.35. The van der Waals surface area contributed by atoms with Crippen molar-refractivity contribution in [2.24, 2.45) is 0 Å². The normalized spacial score (nSPS) is 10.8. The molecule has 1 heterocycles. The summed E-state index contributed by atoms with van der Waals surface area (Å²) < 4.78 is 11.2. The molecule has 10 heteroatoms. The molecule has 3 aromatic rings. The zero-order valence-corrected chi connectivity index (χ0v) is 21.8. The molecule has 198 valence electrons. The first-order valence-electron chi connectivity index (χ1n) is 12.5. The Bertz CT molecular complexity index is 1070. The standard InChI is InChI=1S/C27H37N7O3/c1-21(2)30-26-31-25(32-27(33-26)34(3)20-22-10-6-4-7-11-22)29-15-17-37-19-18-36-16-14-28-24(35)23-12-8-5-9-13-23/h4-13,21H,14-20H2,1-3H3,(H,28,35)(H2,29,30,31,32,33). The summed E-state index contributed by atoms with van der Waals surface area (Å²) >= 11 is 0. The average Bonchev–Trinajstić information content (AvgIpc) is 2.90. The lowest BCUT2D eigenvalue weighted by Gasteiger charge is -2.19. The zero-order chi connectivity index (χ0) is 26.3. The first kappa shape index (κ1) is 27.8. The Morgan fingerprint density at radius 1 is 0.838 bits per heavy atom. The van der Waals surface area contributed by atoms with Gasteiger partial charge in [0.05, 0.1) is 26.4 Å². The van der Waals surface area contributed by atoms with Crippen molar-refractivity contribution in [1.82, 2.24) is 20.3 Å². The van der Waals surface area contributed by atoms with Crippen LogP contribution in [0.2, 0.25) is 0 Å². The number of hydrogen-bond donors (Lipinski definition) is 3. The van der Waals surface area contributed by atoms with Crippen molar-refractivity contribution in [1.29, 1.82) is 0 Å². The van der Waals surface area contributed by atoms with Crippen LogP contribution in [0, 0.1) is 0 Å². The van der Waals surface area contributed by atoms with Crippen LogP contribution in [-0.4, -0.2) is 73.5 Å². The monoisotopic (exact) mass is 507 g/mol. The van der Waals surface area contributed by atoms with Crippen LogP contribution in [0.4, 0.5) is 17.8 Å². The molecule has 0 atom stereocenters. The van der Waals surface area contributed by atoms with E-state index in [2.05, 4.69) is 43.0 Å². The van der Waals surface area contributed by atoms with Crippen LogP contribution >= 0.6 is 0 Å². The zero-order valence-electron chi connectivity index (χ0n) is 21.8. The van der Waals surface area contributed by atoms with Crippen molar-refractivity contribution in [3.05, 3.63) is 71.8 Å². The summed E-state index contributed by atoms with van der Waals surface area (Å²) in [7, 11) is 1.96. The molecule has 0 unspecified atom stereocenters. The number of aromatic nitrogens is 3. The van der Waals surface area contributed by atoms with Gasteiger partial charge in [-0.05, 0) is 31.5 Å². The van der Waals surface area contributed by atoms with Crippen LogP contribution in [0.25, 0.3) is 0 Å². The summed E-state index contributed by atoms with van der Waals surface area (Å²) in [6.45, 7) is 7.56. The van der Waals surface area contributed by atoms with Crippen LogP contribution < -0.4 is 20.9 Å². The minimum absolute atomic E-state index is 0.106. The predicted molar refractivity (Wildman–Crippen MR) is 146 cm³/mol. The third kappa shape index (κ3) is 10.4. The number of amides is 1. The maximum absolute atomic E-state index is 12.0. The van der Waals surface area contributed by atoms with Gasteiger partial charge in [-0.2, -0.15) is 15.0 Å². The molecule has 3 N–H and O–H groups in total. The molecule has 0 aliphatic carbocycles. The average molecular weight is 508 g/mol. The second-order valence-corrected chi connectivity index (χ2v) is 8.70. The molecule has 37 heavy (non-hydrogen) atoms. The first-order chi connectivity index (χ1) is 18.0. The number of benzene rings is 2. The van der Waals surface area contributed by atoms with Crippen molar-refractivity contribution in [2.45, 2.75) is 26.4 Å². The molecular formula is C27H37N7O3. The Balaban J connectivity index is 1.35. The van der Waals surface area contributed by atoms with Gasteiger partial charge in [-0.25, -0.2) is 0 Å². The van der Waals surface area contributed by atoms with E-state index in [-0.39, 0.29) is 11.9 Å². The van der Waals surface area contributed by atoms with Gasteiger partial charge in [0, 0.05) is 38.3 Å². The van der Waals surface area contributed by atoms with Gasteiger partial charge in [0.2, 0.25) is 17.8 Å². The molecule has 0 aliphatic heterocycles. The lowest BCUT2D eigenvalue weighted by atomic mass is 10.2. The molecule has 0 fully saturated rings.